The van der Waals surface area contributed by atoms with Crippen molar-refractivity contribution >= 4 is 5.91 Å². The van der Waals surface area contributed by atoms with Crippen molar-refractivity contribution in [2.75, 3.05) is 0 Å². The Hall–Kier alpha value is -1.31. The van der Waals surface area contributed by atoms with E-state index in [1.807, 2.05) is 6.07 Å². The van der Waals surface area contributed by atoms with Crippen LogP contribution in [-0.2, 0) is 4.79 Å². The standard InChI is InChI=1S/C10H11NO/c1-7-3-2-4-8(5-7)9-6-10(12)11-9/h2-5,9H,6H2,1H3,(H,11,12). The molecule has 1 heterocycles. The summed E-state index contributed by atoms with van der Waals surface area (Å²) in [6, 6.07) is 8.51. The highest BCUT2D eigenvalue weighted by molar-refractivity contribution is 5.83. The molecule has 0 aromatic heterocycles. The molecular formula is C10H11NO. The smallest absolute Gasteiger partial charge is 0.222 e. The number of amides is 1. The van der Waals surface area contributed by atoms with Crippen molar-refractivity contribution in [1.82, 2.24) is 5.32 Å². The van der Waals surface area contributed by atoms with Crippen LogP contribution in [0.25, 0.3) is 0 Å². The number of hydrogen-bond acceptors (Lipinski definition) is 1. The van der Waals surface area contributed by atoms with Crippen molar-refractivity contribution in [1.29, 1.82) is 0 Å². The van der Waals surface area contributed by atoms with Gasteiger partial charge >= 0.3 is 0 Å². The van der Waals surface area contributed by atoms with Gasteiger partial charge in [0.05, 0.1) is 12.5 Å². The van der Waals surface area contributed by atoms with Crippen LogP contribution in [0.15, 0.2) is 24.3 Å². The molecule has 1 aromatic carbocycles. The van der Waals surface area contributed by atoms with Crippen LogP contribution >= 0.6 is 0 Å². The first-order chi connectivity index (χ1) is 5.75. The van der Waals surface area contributed by atoms with Gasteiger partial charge in [-0.15, -0.1) is 0 Å². The van der Waals surface area contributed by atoms with Crippen LogP contribution in [0.4, 0.5) is 0 Å². The predicted octanol–water partition coefficient (Wildman–Crippen LogP) is 1.56. The van der Waals surface area contributed by atoms with Gasteiger partial charge in [0.25, 0.3) is 0 Å². The number of benzene rings is 1. The molecule has 0 aliphatic carbocycles. The monoisotopic (exact) mass is 161 g/mol. The molecule has 2 heteroatoms. The third-order valence-electron chi connectivity index (χ3n) is 2.17. The van der Waals surface area contributed by atoms with Gasteiger partial charge in [-0.1, -0.05) is 29.8 Å². The van der Waals surface area contributed by atoms with E-state index in [1.165, 1.54) is 11.1 Å². The molecule has 0 spiro atoms. The fraction of sp³-hybridized carbons (Fsp3) is 0.300. The second-order valence-electron chi connectivity index (χ2n) is 3.24. The molecule has 1 unspecified atom stereocenters. The number of hydrogen-bond donors (Lipinski definition) is 1. The van der Waals surface area contributed by atoms with Crippen LogP contribution < -0.4 is 5.32 Å². The lowest BCUT2D eigenvalue weighted by molar-refractivity contribution is -0.128. The fourth-order valence-electron chi connectivity index (χ4n) is 1.45. The Labute approximate surface area is 71.6 Å². The minimum atomic E-state index is 0.154. The quantitative estimate of drug-likeness (QED) is 0.622. The zero-order valence-corrected chi connectivity index (χ0v) is 7.00. The zero-order valence-electron chi connectivity index (χ0n) is 7.00. The first kappa shape index (κ1) is 7.35. The highest BCUT2D eigenvalue weighted by atomic mass is 16.2. The summed E-state index contributed by atoms with van der Waals surface area (Å²) in [5.41, 5.74) is 2.46. The van der Waals surface area contributed by atoms with Crippen LogP contribution in [0.2, 0.25) is 0 Å². The first-order valence-corrected chi connectivity index (χ1v) is 4.11. The van der Waals surface area contributed by atoms with E-state index < -0.39 is 0 Å². The Kier molecular flexibility index (Phi) is 1.61. The molecule has 1 aliphatic heterocycles. The van der Waals surface area contributed by atoms with Gasteiger partial charge in [0.15, 0.2) is 0 Å². The van der Waals surface area contributed by atoms with Gasteiger partial charge in [-0.25, -0.2) is 0 Å². The maximum absolute atomic E-state index is 10.7. The molecular weight excluding hydrogens is 150 g/mol. The van der Waals surface area contributed by atoms with Crippen LogP contribution in [0.5, 0.6) is 0 Å². The van der Waals surface area contributed by atoms with Gasteiger partial charge in [-0.2, -0.15) is 0 Å². The highest BCUT2D eigenvalue weighted by Crippen LogP contribution is 2.23. The summed E-state index contributed by atoms with van der Waals surface area (Å²) >= 11 is 0. The molecule has 1 aliphatic rings. The summed E-state index contributed by atoms with van der Waals surface area (Å²) in [4.78, 5) is 10.7. The molecule has 1 saturated heterocycles. The van der Waals surface area contributed by atoms with E-state index in [0.717, 1.165) is 0 Å². The van der Waals surface area contributed by atoms with Crippen molar-refractivity contribution in [3.8, 4) is 0 Å². The second kappa shape index (κ2) is 2.63. The van der Waals surface area contributed by atoms with Gasteiger partial charge in [-0.05, 0) is 12.5 Å². The highest BCUT2D eigenvalue weighted by Gasteiger charge is 2.26. The summed E-state index contributed by atoms with van der Waals surface area (Å²) in [6.07, 6.45) is 0.642. The van der Waals surface area contributed by atoms with Crippen molar-refractivity contribution in [3.05, 3.63) is 35.4 Å². The Morgan fingerprint density at radius 3 is 2.83 bits per heavy atom. The minimum Gasteiger partial charge on any atom is -0.349 e. The Bertz CT molecular complexity index is 311. The second-order valence-corrected chi connectivity index (χ2v) is 3.24. The van der Waals surface area contributed by atoms with Crippen molar-refractivity contribution in [2.24, 2.45) is 0 Å². The van der Waals surface area contributed by atoms with Crippen molar-refractivity contribution in [3.63, 3.8) is 0 Å². The lowest BCUT2D eigenvalue weighted by Crippen LogP contribution is -2.41. The average molecular weight is 161 g/mol. The molecule has 1 atom stereocenters. The number of nitrogens with one attached hydrogen (secondary N) is 1. The fourth-order valence-corrected chi connectivity index (χ4v) is 1.45. The van der Waals surface area contributed by atoms with E-state index in [9.17, 15) is 4.79 Å². The van der Waals surface area contributed by atoms with Crippen LogP contribution in [-0.4, -0.2) is 5.91 Å². The summed E-state index contributed by atoms with van der Waals surface area (Å²) < 4.78 is 0. The van der Waals surface area contributed by atoms with Gasteiger partial charge in [-0.3, -0.25) is 4.79 Å². The SMILES string of the molecule is Cc1cccc(C2CC(=O)N2)c1. The summed E-state index contributed by atoms with van der Waals surface area (Å²) in [7, 11) is 0. The third kappa shape index (κ3) is 1.20. The van der Waals surface area contributed by atoms with Crippen LogP contribution in [0, 0.1) is 6.92 Å². The Morgan fingerprint density at radius 2 is 2.25 bits per heavy atom. The van der Waals surface area contributed by atoms with E-state index in [1.54, 1.807) is 0 Å². The van der Waals surface area contributed by atoms with E-state index in [0.29, 0.717) is 6.42 Å². The molecule has 2 nitrogen and oxygen atoms in total. The molecule has 62 valence electrons. The number of carbonyl (C=O) groups excluding carboxylic acids is 1. The topological polar surface area (TPSA) is 29.1 Å². The van der Waals surface area contributed by atoms with Crippen molar-refractivity contribution < 1.29 is 4.79 Å². The Balaban J connectivity index is 2.18. The zero-order chi connectivity index (χ0) is 8.55. The average Bonchev–Trinajstić information content (AvgIpc) is 1.99. The summed E-state index contributed by atoms with van der Waals surface area (Å²) in [6.45, 7) is 2.06. The molecule has 0 bridgehead atoms. The predicted molar refractivity (Wildman–Crippen MR) is 46.7 cm³/mol. The number of carbonyl (C=O) groups is 1. The normalized spacial score (nSPS) is 21.4. The molecule has 12 heavy (non-hydrogen) atoms. The van der Waals surface area contributed by atoms with Crippen LogP contribution in [0.1, 0.15) is 23.6 Å². The van der Waals surface area contributed by atoms with E-state index >= 15 is 0 Å². The largest absolute Gasteiger partial charge is 0.349 e. The van der Waals surface area contributed by atoms with E-state index in [4.69, 9.17) is 0 Å². The third-order valence-corrected chi connectivity index (χ3v) is 2.17. The van der Waals surface area contributed by atoms with Crippen LogP contribution in [0.3, 0.4) is 0 Å². The molecule has 1 aromatic rings. The summed E-state index contributed by atoms with van der Waals surface area (Å²) in [5.74, 6) is 0.154. The maximum Gasteiger partial charge on any atom is 0.222 e. The minimum absolute atomic E-state index is 0.154. The lowest BCUT2D eigenvalue weighted by Gasteiger charge is -2.27. The first-order valence-electron chi connectivity index (χ1n) is 4.11. The lowest BCUT2D eigenvalue weighted by atomic mass is 9.96. The maximum atomic E-state index is 10.7. The number of aryl methyl sites for hydroxylation is 1. The molecule has 1 fully saturated rings. The number of rotatable bonds is 1. The molecule has 2 rings (SSSR count). The summed E-state index contributed by atoms with van der Waals surface area (Å²) in [5, 5.41) is 2.85. The Morgan fingerprint density at radius 1 is 1.50 bits per heavy atom. The van der Waals surface area contributed by atoms with Crippen molar-refractivity contribution in [2.45, 2.75) is 19.4 Å². The number of β-lactam (4-membered cyclic amide) rings is 1. The van der Waals surface area contributed by atoms with Gasteiger partial charge < -0.3 is 5.32 Å². The van der Waals surface area contributed by atoms with Gasteiger partial charge in [0.1, 0.15) is 0 Å². The van der Waals surface area contributed by atoms with E-state index in [-0.39, 0.29) is 11.9 Å². The molecule has 0 radical (unpaired) electrons. The van der Waals surface area contributed by atoms with E-state index in [2.05, 4.69) is 30.4 Å². The van der Waals surface area contributed by atoms with Gasteiger partial charge in [0.2, 0.25) is 5.91 Å². The molecule has 1 N–H and O–H groups in total. The van der Waals surface area contributed by atoms with Gasteiger partial charge in [0, 0.05) is 0 Å². The molecule has 1 amide bonds. The molecule has 0 saturated carbocycles.